The van der Waals surface area contributed by atoms with Crippen molar-refractivity contribution in [2.75, 3.05) is 13.2 Å². The van der Waals surface area contributed by atoms with Crippen LogP contribution in [0.3, 0.4) is 0 Å². The van der Waals surface area contributed by atoms with Crippen molar-refractivity contribution in [2.45, 2.75) is 91.9 Å². The van der Waals surface area contributed by atoms with Gasteiger partial charge in [0.1, 0.15) is 0 Å². The van der Waals surface area contributed by atoms with E-state index in [1.807, 2.05) is 0 Å². The van der Waals surface area contributed by atoms with Crippen molar-refractivity contribution in [3.8, 4) is 0 Å². The molecule has 0 fully saturated rings. The van der Waals surface area contributed by atoms with Gasteiger partial charge in [-0.05, 0) is 37.5 Å². The molecule has 0 aliphatic heterocycles. The maximum Gasteiger partial charge on any atom is 0.305 e. The maximum absolute atomic E-state index is 11.5. The van der Waals surface area contributed by atoms with Crippen molar-refractivity contribution < 1.29 is 19.1 Å². The second-order valence-corrected chi connectivity index (χ2v) is 7.43. The van der Waals surface area contributed by atoms with Gasteiger partial charge in [-0.25, -0.2) is 0 Å². The fourth-order valence-corrected chi connectivity index (χ4v) is 2.21. The van der Waals surface area contributed by atoms with E-state index >= 15 is 0 Å². The Balaban J connectivity index is 3.30. The summed E-state index contributed by atoms with van der Waals surface area (Å²) >= 11 is 0. The summed E-state index contributed by atoms with van der Waals surface area (Å²) < 4.78 is 10.4. The minimum Gasteiger partial charge on any atom is -0.466 e. The molecule has 0 saturated heterocycles. The highest BCUT2D eigenvalue weighted by atomic mass is 16.5. The summed E-state index contributed by atoms with van der Waals surface area (Å²) in [4.78, 5) is 23.0. The number of rotatable bonds is 15. The second kappa shape index (κ2) is 15.5. The highest BCUT2D eigenvalue weighted by Crippen LogP contribution is 2.10. The van der Waals surface area contributed by atoms with E-state index in [-0.39, 0.29) is 11.9 Å². The quantitative estimate of drug-likeness (QED) is 0.300. The van der Waals surface area contributed by atoms with Gasteiger partial charge in [-0.15, -0.1) is 0 Å². The molecular weight excluding hydrogens is 304 g/mol. The zero-order chi connectivity index (χ0) is 18.2. The molecule has 0 N–H and O–H groups in total. The van der Waals surface area contributed by atoms with Gasteiger partial charge >= 0.3 is 11.9 Å². The van der Waals surface area contributed by atoms with Crippen LogP contribution in [0.2, 0.25) is 0 Å². The first-order chi connectivity index (χ1) is 11.4. The van der Waals surface area contributed by atoms with Gasteiger partial charge in [-0.1, -0.05) is 53.4 Å². The van der Waals surface area contributed by atoms with E-state index in [0.29, 0.717) is 37.9 Å². The molecule has 0 rings (SSSR count). The normalized spacial score (nSPS) is 11.1. The molecule has 0 aromatic carbocycles. The highest BCUT2D eigenvalue weighted by Gasteiger charge is 2.05. The molecule has 0 aliphatic rings. The molecule has 0 unspecified atom stereocenters. The zero-order valence-electron chi connectivity index (χ0n) is 16.3. The highest BCUT2D eigenvalue weighted by molar-refractivity contribution is 5.69. The summed E-state index contributed by atoms with van der Waals surface area (Å²) in [6, 6.07) is 0. The summed E-state index contributed by atoms with van der Waals surface area (Å²) in [5.41, 5.74) is 0. The van der Waals surface area contributed by atoms with Crippen molar-refractivity contribution >= 4 is 11.9 Å². The van der Waals surface area contributed by atoms with E-state index in [4.69, 9.17) is 9.47 Å². The molecule has 0 radical (unpaired) electrons. The van der Waals surface area contributed by atoms with Crippen LogP contribution in [0.25, 0.3) is 0 Å². The SMILES string of the molecule is CC(C)CCOC(=O)CCCCCCCCC(=O)OCCC(C)C. The van der Waals surface area contributed by atoms with Gasteiger partial charge in [-0.2, -0.15) is 0 Å². The predicted molar refractivity (Wildman–Crippen MR) is 97.8 cm³/mol. The lowest BCUT2D eigenvalue weighted by atomic mass is 10.1. The Hall–Kier alpha value is -1.06. The molecule has 24 heavy (non-hydrogen) atoms. The third-order valence-electron chi connectivity index (χ3n) is 3.93. The summed E-state index contributed by atoms with van der Waals surface area (Å²) in [5.74, 6) is 1.01. The fourth-order valence-electron chi connectivity index (χ4n) is 2.21. The molecule has 0 aliphatic carbocycles. The summed E-state index contributed by atoms with van der Waals surface area (Å²) in [7, 11) is 0. The molecule has 0 amide bonds. The first-order valence-electron chi connectivity index (χ1n) is 9.73. The Bertz CT molecular complexity index is 292. The maximum atomic E-state index is 11.5. The van der Waals surface area contributed by atoms with Crippen LogP contribution in [0.4, 0.5) is 0 Å². The van der Waals surface area contributed by atoms with Crippen LogP contribution >= 0.6 is 0 Å². The van der Waals surface area contributed by atoms with Crippen LogP contribution < -0.4 is 0 Å². The molecule has 0 atom stereocenters. The van der Waals surface area contributed by atoms with E-state index in [2.05, 4.69) is 27.7 Å². The minimum atomic E-state index is -0.0696. The van der Waals surface area contributed by atoms with E-state index in [9.17, 15) is 9.59 Å². The van der Waals surface area contributed by atoms with Crippen LogP contribution in [0.5, 0.6) is 0 Å². The van der Waals surface area contributed by atoms with E-state index in [1.54, 1.807) is 0 Å². The van der Waals surface area contributed by atoms with Crippen molar-refractivity contribution in [1.82, 2.24) is 0 Å². The van der Waals surface area contributed by atoms with Gasteiger partial charge in [0.25, 0.3) is 0 Å². The lowest BCUT2D eigenvalue weighted by Crippen LogP contribution is -2.07. The van der Waals surface area contributed by atoms with Crippen molar-refractivity contribution in [3.05, 3.63) is 0 Å². The van der Waals surface area contributed by atoms with Gasteiger partial charge in [-0.3, -0.25) is 9.59 Å². The van der Waals surface area contributed by atoms with Crippen molar-refractivity contribution in [3.63, 3.8) is 0 Å². The fraction of sp³-hybridized carbons (Fsp3) is 0.900. The molecule has 0 aromatic heterocycles. The van der Waals surface area contributed by atoms with Gasteiger partial charge in [0.2, 0.25) is 0 Å². The van der Waals surface area contributed by atoms with Gasteiger partial charge < -0.3 is 9.47 Å². The summed E-state index contributed by atoms with van der Waals surface area (Å²) in [6.07, 6.45) is 9.06. The van der Waals surface area contributed by atoms with Gasteiger partial charge in [0, 0.05) is 12.8 Å². The van der Waals surface area contributed by atoms with E-state index in [1.165, 1.54) is 0 Å². The minimum absolute atomic E-state index is 0.0696. The number of carbonyl (C=O) groups is 2. The molecular formula is C20H38O4. The number of esters is 2. The first kappa shape index (κ1) is 22.9. The van der Waals surface area contributed by atoms with Gasteiger partial charge in [0.15, 0.2) is 0 Å². The Labute approximate surface area is 148 Å². The number of unbranched alkanes of at least 4 members (excludes halogenated alkanes) is 5. The van der Waals surface area contributed by atoms with Crippen LogP contribution in [0.15, 0.2) is 0 Å². The first-order valence-corrected chi connectivity index (χ1v) is 9.73. The van der Waals surface area contributed by atoms with Crippen molar-refractivity contribution in [2.24, 2.45) is 11.8 Å². The van der Waals surface area contributed by atoms with Crippen LogP contribution in [-0.2, 0) is 19.1 Å². The van der Waals surface area contributed by atoms with Crippen LogP contribution in [0, 0.1) is 11.8 Å². The van der Waals surface area contributed by atoms with Gasteiger partial charge in [0.05, 0.1) is 13.2 Å². The molecule has 4 heteroatoms. The van der Waals surface area contributed by atoms with Crippen molar-refractivity contribution in [1.29, 1.82) is 0 Å². The molecule has 0 aromatic rings. The van der Waals surface area contributed by atoms with Crippen LogP contribution in [0.1, 0.15) is 91.9 Å². The Morgan fingerprint density at radius 1 is 0.625 bits per heavy atom. The third-order valence-corrected chi connectivity index (χ3v) is 3.93. The molecule has 0 spiro atoms. The Kier molecular flexibility index (Phi) is 14.8. The lowest BCUT2D eigenvalue weighted by molar-refractivity contribution is -0.145. The summed E-state index contributed by atoms with van der Waals surface area (Å²) in [5, 5.41) is 0. The average Bonchev–Trinajstić information content (AvgIpc) is 2.49. The number of hydrogen-bond donors (Lipinski definition) is 0. The van der Waals surface area contributed by atoms with Crippen LogP contribution in [-0.4, -0.2) is 25.2 Å². The molecule has 4 nitrogen and oxygen atoms in total. The number of hydrogen-bond acceptors (Lipinski definition) is 4. The predicted octanol–water partition coefficient (Wildman–Crippen LogP) is 5.29. The second-order valence-electron chi connectivity index (χ2n) is 7.43. The number of carbonyl (C=O) groups excluding carboxylic acids is 2. The smallest absolute Gasteiger partial charge is 0.305 e. The lowest BCUT2D eigenvalue weighted by Gasteiger charge is -2.07. The Morgan fingerprint density at radius 2 is 0.958 bits per heavy atom. The topological polar surface area (TPSA) is 52.6 Å². The Morgan fingerprint density at radius 3 is 1.29 bits per heavy atom. The van der Waals surface area contributed by atoms with E-state index in [0.717, 1.165) is 51.4 Å². The molecule has 0 saturated carbocycles. The molecule has 0 heterocycles. The third kappa shape index (κ3) is 17.3. The average molecular weight is 343 g/mol. The monoisotopic (exact) mass is 342 g/mol. The molecule has 142 valence electrons. The standard InChI is InChI=1S/C20H38O4/c1-17(2)13-15-23-19(21)11-9-7-5-6-8-10-12-20(22)24-16-14-18(3)4/h17-18H,5-16H2,1-4H3. The molecule has 0 bridgehead atoms. The zero-order valence-corrected chi connectivity index (χ0v) is 16.3. The van der Waals surface area contributed by atoms with E-state index < -0.39 is 0 Å². The summed E-state index contributed by atoms with van der Waals surface area (Å²) in [6.45, 7) is 9.59. The largest absolute Gasteiger partial charge is 0.466 e. The number of ether oxygens (including phenoxy) is 2.